The Morgan fingerprint density at radius 2 is 2.25 bits per heavy atom. The Bertz CT molecular complexity index is 733. The number of carboxylic acid groups (broad SMARTS) is 1. The molecule has 0 saturated heterocycles. The Labute approximate surface area is 119 Å². The minimum Gasteiger partial charge on any atom is -0.481 e. The molecule has 3 rings (SSSR count). The van der Waals surface area contributed by atoms with Crippen LogP contribution in [0.15, 0.2) is 36.0 Å². The Hall–Kier alpha value is -2.21. The van der Waals surface area contributed by atoms with Gasteiger partial charge >= 0.3 is 5.97 Å². The van der Waals surface area contributed by atoms with E-state index in [1.165, 1.54) is 0 Å². The number of fused-ring (bicyclic) bond motifs is 1. The van der Waals surface area contributed by atoms with Gasteiger partial charge in [-0.3, -0.25) is 14.2 Å². The molecule has 6 heteroatoms. The number of nitrogens with zero attached hydrogens (tertiary/aromatic N) is 3. The molecule has 0 saturated carbocycles. The normalized spacial score (nSPS) is 11.0. The van der Waals surface area contributed by atoms with Crippen LogP contribution in [0.5, 0.6) is 0 Å². The molecular formula is C14H13N3O2S. The number of hydrogen-bond donors (Lipinski definition) is 1. The standard InChI is InChI=1S/C14H13N3O2S/c18-13(19)6-3-4-10-9-20-14-16-12(8-17(10)14)11-5-1-2-7-15-11/h1-2,5,7-9H,3-4,6H2,(H,18,19). The lowest BCUT2D eigenvalue weighted by Gasteiger charge is -1.97. The lowest BCUT2D eigenvalue weighted by Crippen LogP contribution is -1.97. The molecule has 0 aliphatic carbocycles. The van der Waals surface area contributed by atoms with Gasteiger partial charge in [0.05, 0.1) is 5.69 Å². The first kappa shape index (κ1) is 12.8. The second kappa shape index (κ2) is 5.42. The number of hydrogen-bond acceptors (Lipinski definition) is 4. The molecule has 0 aliphatic heterocycles. The highest BCUT2D eigenvalue weighted by Crippen LogP contribution is 2.23. The molecule has 3 aromatic rings. The summed E-state index contributed by atoms with van der Waals surface area (Å²) >= 11 is 1.56. The SMILES string of the molecule is O=C(O)CCCc1csc2nc(-c3ccccn3)cn12. The second-order valence-corrected chi connectivity index (χ2v) is 5.30. The van der Waals surface area contributed by atoms with Crippen LogP contribution < -0.4 is 0 Å². The minimum atomic E-state index is -0.753. The van der Waals surface area contributed by atoms with E-state index in [1.807, 2.05) is 34.2 Å². The molecule has 3 aromatic heterocycles. The van der Waals surface area contributed by atoms with E-state index >= 15 is 0 Å². The van der Waals surface area contributed by atoms with Gasteiger partial charge in [-0.05, 0) is 25.0 Å². The van der Waals surface area contributed by atoms with Crippen LogP contribution in [0.25, 0.3) is 16.3 Å². The fourth-order valence-corrected chi connectivity index (χ4v) is 2.97. The summed E-state index contributed by atoms with van der Waals surface area (Å²) in [5.41, 5.74) is 2.79. The molecule has 5 nitrogen and oxygen atoms in total. The lowest BCUT2D eigenvalue weighted by molar-refractivity contribution is -0.137. The summed E-state index contributed by atoms with van der Waals surface area (Å²) in [6.07, 6.45) is 5.28. The van der Waals surface area contributed by atoms with Gasteiger partial charge in [-0.25, -0.2) is 4.98 Å². The van der Waals surface area contributed by atoms with Crippen molar-refractivity contribution in [3.05, 3.63) is 41.7 Å². The summed E-state index contributed by atoms with van der Waals surface area (Å²) in [6, 6.07) is 5.74. The molecule has 0 bridgehead atoms. The fourth-order valence-electron chi connectivity index (χ4n) is 2.07. The molecule has 1 N–H and O–H groups in total. The second-order valence-electron chi connectivity index (χ2n) is 4.47. The number of aliphatic carboxylic acids is 1. The fraction of sp³-hybridized carbons (Fsp3) is 0.214. The molecule has 0 amide bonds. The number of aromatic nitrogens is 3. The largest absolute Gasteiger partial charge is 0.481 e. The van der Waals surface area contributed by atoms with E-state index in [0.717, 1.165) is 28.5 Å². The summed E-state index contributed by atoms with van der Waals surface area (Å²) in [5.74, 6) is -0.753. The average Bonchev–Trinajstić information content (AvgIpc) is 3.01. The number of aryl methyl sites for hydroxylation is 1. The van der Waals surface area contributed by atoms with Crippen molar-refractivity contribution in [2.24, 2.45) is 0 Å². The van der Waals surface area contributed by atoms with Crippen molar-refractivity contribution in [2.45, 2.75) is 19.3 Å². The number of imidazole rings is 1. The molecule has 0 radical (unpaired) electrons. The van der Waals surface area contributed by atoms with Crippen LogP contribution in [0.2, 0.25) is 0 Å². The van der Waals surface area contributed by atoms with E-state index in [1.54, 1.807) is 17.5 Å². The Morgan fingerprint density at radius 3 is 3.00 bits per heavy atom. The van der Waals surface area contributed by atoms with Gasteiger partial charge in [0.15, 0.2) is 4.96 Å². The maximum atomic E-state index is 10.6. The topological polar surface area (TPSA) is 67.5 Å². The number of rotatable bonds is 5. The average molecular weight is 287 g/mol. The molecule has 0 aromatic carbocycles. The van der Waals surface area contributed by atoms with Crippen molar-refractivity contribution < 1.29 is 9.90 Å². The summed E-state index contributed by atoms with van der Waals surface area (Å²) in [5, 5.41) is 10.7. The van der Waals surface area contributed by atoms with E-state index in [0.29, 0.717) is 6.42 Å². The van der Waals surface area contributed by atoms with Crippen LogP contribution in [-0.2, 0) is 11.2 Å². The summed E-state index contributed by atoms with van der Waals surface area (Å²) in [7, 11) is 0. The van der Waals surface area contributed by atoms with Gasteiger partial charge in [0.1, 0.15) is 5.69 Å². The third kappa shape index (κ3) is 2.55. The molecular weight excluding hydrogens is 274 g/mol. The molecule has 0 atom stereocenters. The van der Waals surface area contributed by atoms with E-state index < -0.39 is 5.97 Å². The van der Waals surface area contributed by atoms with Crippen molar-refractivity contribution in [3.63, 3.8) is 0 Å². The molecule has 0 unspecified atom stereocenters. The first-order chi connectivity index (χ1) is 9.74. The summed E-state index contributed by atoms with van der Waals surface area (Å²) in [6.45, 7) is 0. The number of carboxylic acids is 1. The molecule has 20 heavy (non-hydrogen) atoms. The maximum Gasteiger partial charge on any atom is 0.303 e. The van der Waals surface area contributed by atoms with Gasteiger partial charge in [-0.1, -0.05) is 6.07 Å². The van der Waals surface area contributed by atoms with Crippen molar-refractivity contribution in [1.29, 1.82) is 0 Å². The van der Waals surface area contributed by atoms with E-state index in [9.17, 15) is 4.79 Å². The maximum absolute atomic E-state index is 10.6. The van der Waals surface area contributed by atoms with Gasteiger partial charge in [-0.2, -0.15) is 0 Å². The highest BCUT2D eigenvalue weighted by molar-refractivity contribution is 7.15. The Morgan fingerprint density at radius 1 is 1.35 bits per heavy atom. The van der Waals surface area contributed by atoms with E-state index in [4.69, 9.17) is 5.11 Å². The highest BCUT2D eigenvalue weighted by Gasteiger charge is 2.10. The smallest absolute Gasteiger partial charge is 0.303 e. The van der Waals surface area contributed by atoms with Gasteiger partial charge in [-0.15, -0.1) is 11.3 Å². The van der Waals surface area contributed by atoms with Crippen LogP contribution in [-0.4, -0.2) is 25.4 Å². The number of carbonyl (C=O) groups is 1. The third-order valence-corrected chi connectivity index (χ3v) is 3.92. The highest BCUT2D eigenvalue weighted by atomic mass is 32.1. The van der Waals surface area contributed by atoms with Gasteiger partial charge in [0.2, 0.25) is 0 Å². The quantitative estimate of drug-likeness (QED) is 0.783. The van der Waals surface area contributed by atoms with Crippen molar-refractivity contribution in [1.82, 2.24) is 14.4 Å². The van der Waals surface area contributed by atoms with Gasteiger partial charge < -0.3 is 5.11 Å². The summed E-state index contributed by atoms with van der Waals surface area (Å²) in [4.78, 5) is 20.3. The van der Waals surface area contributed by atoms with Crippen LogP contribution in [0.3, 0.4) is 0 Å². The molecule has 0 aliphatic rings. The van der Waals surface area contributed by atoms with Crippen molar-refractivity contribution in [2.75, 3.05) is 0 Å². The summed E-state index contributed by atoms with van der Waals surface area (Å²) < 4.78 is 2.02. The molecule has 102 valence electrons. The zero-order valence-corrected chi connectivity index (χ0v) is 11.5. The van der Waals surface area contributed by atoms with E-state index in [2.05, 4.69) is 9.97 Å². The van der Waals surface area contributed by atoms with Crippen LogP contribution in [0.1, 0.15) is 18.5 Å². The lowest BCUT2D eigenvalue weighted by atomic mass is 10.2. The Kier molecular flexibility index (Phi) is 3.47. The minimum absolute atomic E-state index is 0.194. The monoisotopic (exact) mass is 287 g/mol. The van der Waals surface area contributed by atoms with Crippen LogP contribution in [0, 0.1) is 0 Å². The number of thiazole rings is 1. The predicted octanol–water partition coefficient (Wildman–Crippen LogP) is 2.87. The van der Waals surface area contributed by atoms with Gasteiger partial charge in [0, 0.05) is 29.9 Å². The van der Waals surface area contributed by atoms with Crippen LogP contribution >= 0.6 is 11.3 Å². The number of pyridine rings is 1. The van der Waals surface area contributed by atoms with Crippen molar-refractivity contribution >= 4 is 22.3 Å². The van der Waals surface area contributed by atoms with Crippen molar-refractivity contribution in [3.8, 4) is 11.4 Å². The zero-order chi connectivity index (χ0) is 13.9. The predicted molar refractivity (Wildman–Crippen MR) is 76.9 cm³/mol. The van der Waals surface area contributed by atoms with Crippen LogP contribution in [0.4, 0.5) is 0 Å². The zero-order valence-electron chi connectivity index (χ0n) is 10.7. The first-order valence-corrected chi connectivity index (χ1v) is 7.20. The molecule has 0 spiro atoms. The Balaban J connectivity index is 1.85. The third-order valence-electron chi connectivity index (χ3n) is 3.03. The van der Waals surface area contributed by atoms with E-state index in [-0.39, 0.29) is 6.42 Å². The molecule has 0 fully saturated rings. The van der Waals surface area contributed by atoms with Gasteiger partial charge in [0.25, 0.3) is 0 Å². The molecule has 3 heterocycles. The first-order valence-electron chi connectivity index (χ1n) is 6.33.